The quantitative estimate of drug-likeness (QED) is 0.881. The Labute approximate surface area is 121 Å². The highest BCUT2D eigenvalue weighted by molar-refractivity contribution is 9.10. The number of hydrogen-bond acceptors (Lipinski definition) is 1. The summed E-state index contributed by atoms with van der Waals surface area (Å²) in [5.74, 6) is -0.0625. The normalized spacial score (nSPS) is 18.1. The van der Waals surface area contributed by atoms with Gasteiger partial charge in [0.2, 0.25) is 0 Å². The van der Waals surface area contributed by atoms with Crippen molar-refractivity contribution in [3.8, 4) is 0 Å². The number of halogens is 2. The lowest BCUT2D eigenvalue weighted by atomic mass is 9.84. The van der Waals surface area contributed by atoms with Crippen LogP contribution in [0.1, 0.15) is 49.4 Å². The fourth-order valence-corrected chi connectivity index (χ4v) is 3.16. The molecule has 4 heteroatoms. The number of benzene rings is 1. The van der Waals surface area contributed by atoms with Gasteiger partial charge < -0.3 is 5.32 Å². The van der Waals surface area contributed by atoms with E-state index < -0.39 is 5.82 Å². The Morgan fingerprint density at radius 3 is 2.74 bits per heavy atom. The molecular weight excluding hydrogens is 309 g/mol. The molecule has 19 heavy (non-hydrogen) atoms. The van der Waals surface area contributed by atoms with Gasteiger partial charge in [0.05, 0.1) is 10.0 Å². The van der Waals surface area contributed by atoms with Crippen LogP contribution in [0.15, 0.2) is 22.7 Å². The van der Waals surface area contributed by atoms with E-state index in [-0.39, 0.29) is 16.4 Å². The third kappa shape index (κ3) is 3.56. The van der Waals surface area contributed by atoms with Crippen LogP contribution in [0.3, 0.4) is 0 Å². The zero-order chi connectivity index (χ0) is 13.8. The van der Waals surface area contributed by atoms with Gasteiger partial charge in [0.25, 0.3) is 5.91 Å². The van der Waals surface area contributed by atoms with E-state index in [1.54, 1.807) is 12.1 Å². The van der Waals surface area contributed by atoms with Crippen LogP contribution in [0.25, 0.3) is 0 Å². The van der Waals surface area contributed by atoms with Gasteiger partial charge in [0.1, 0.15) is 5.82 Å². The highest BCUT2D eigenvalue weighted by Gasteiger charge is 2.22. The van der Waals surface area contributed by atoms with Gasteiger partial charge in [-0.25, -0.2) is 4.39 Å². The molecule has 2 nitrogen and oxygen atoms in total. The maximum Gasteiger partial charge on any atom is 0.252 e. The van der Waals surface area contributed by atoms with Crippen LogP contribution in [-0.4, -0.2) is 11.9 Å². The number of amides is 1. The average molecular weight is 328 g/mol. The van der Waals surface area contributed by atoms with Crippen molar-refractivity contribution in [1.82, 2.24) is 5.32 Å². The average Bonchev–Trinajstić information content (AvgIpc) is 2.42. The van der Waals surface area contributed by atoms with Crippen molar-refractivity contribution < 1.29 is 9.18 Å². The third-order valence-electron chi connectivity index (χ3n) is 3.91. The number of nitrogens with one attached hydrogen (secondary N) is 1. The summed E-state index contributed by atoms with van der Waals surface area (Å²) in [6.45, 7) is 2.04. The molecule has 1 fully saturated rings. The van der Waals surface area contributed by atoms with Crippen molar-refractivity contribution in [2.75, 3.05) is 0 Å². The highest BCUT2D eigenvalue weighted by Crippen LogP contribution is 2.27. The molecule has 1 aromatic rings. The first-order chi connectivity index (χ1) is 9.09. The van der Waals surface area contributed by atoms with E-state index in [0.717, 1.165) is 0 Å². The monoisotopic (exact) mass is 327 g/mol. The minimum Gasteiger partial charge on any atom is -0.349 e. The molecule has 0 saturated heterocycles. The van der Waals surface area contributed by atoms with Gasteiger partial charge in [-0.1, -0.05) is 25.3 Å². The lowest BCUT2D eigenvalue weighted by molar-refractivity contribution is 0.0918. The molecule has 1 aliphatic carbocycles. The predicted octanol–water partition coefficient (Wildman–Crippen LogP) is 4.29. The third-order valence-corrected chi connectivity index (χ3v) is 4.72. The van der Waals surface area contributed by atoms with E-state index in [0.29, 0.717) is 11.5 Å². The molecule has 1 unspecified atom stereocenters. The van der Waals surface area contributed by atoms with Gasteiger partial charge in [-0.15, -0.1) is 0 Å². The summed E-state index contributed by atoms with van der Waals surface area (Å²) in [5, 5.41) is 3.00. The first kappa shape index (κ1) is 14.5. The molecule has 1 N–H and O–H groups in total. The molecule has 1 saturated carbocycles. The van der Waals surface area contributed by atoms with Gasteiger partial charge in [-0.05, 0) is 53.7 Å². The number of hydrogen-bond donors (Lipinski definition) is 1. The van der Waals surface area contributed by atoms with E-state index in [1.165, 1.54) is 38.2 Å². The number of carbonyl (C=O) groups is 1. The molecule has 0 aliphatic heterocycles. The lowest BCUT2D eigenvalue weighted by Gasteiger charge is -2.28. The van der Waals surface area contributed by atoms with Crippen molar-refractivity contribution in [2.24, 2.45) is 5.92 Å². The Morgan fingerprint density at radius 1 is 1.37 bits per heavy atom. The number of rotatable bonds is 3. The van der Waals surface area contributed by atoms with E-state index in [4.69, 9.17) is 0 Å². The molecule has 0 spiro atoms. The van der Waals surface area contributed by atoms with Crippen LogP contribution in [-0.2, 0) is 0 Å². The molecule has 0 heterocycles. The molecule has 0 aromatic heterocycles. The van der Waals surface area contributed by atoms with Gasteiger partial charge in [0, 0.05) is 6.04 Å². The van der Waals surface area contributed by atoms with Crippen molar-refractivity contribution in [2.45, 2.75) is 45.1 Å². The molecule has 1 aromatic carbocycles. The first-order valence-electron chi connectivity index (χ1n) is 6.84. The van der Waals surface area contributed by atoms with Crippen LogP contribution in [0, 0.1) is 11.7 Å². The van der Waals surface area contributed by atoms with Crippen molar-refractivity contribution in [3.63, 3.8) is 0 Å². The summed E-state index contributed by atoms with van der Waals surface area (Å²) in [7, 11) is 0. The molecule has 1 aliphatic rings. The van der Waals surface area contributed by atoms with Crippen LogP contribution in [0.4, 0.5) is 4.39 Å². The van der Waals surface area contributed by atoms with Crippen LogP contribution < -0.4 is 5.32 Å². The van der Waals surface area contributed by atoms with Crippen LogP contribution in [0.5, 0.6) is 0 Å². The zero-order valence-electron chi connectivity index (χ0n) is 11.1. The molecule has 104 valence electrons. The van der Waals surface area contributed by atoms with Crippen LogP contribution >= 0.6 is 15.9 Å². The van der Waals surface area contributed by atoms with Crippen molar-refractivity contribution in [3.05, 3.63) is 34.1 Å². The van der Waals surface area contributed by atoms with Crippen molar-refractivity contribution in [1.29, 1.82) is 0 Å². The lowest BCUT2D eigenvalue weighted by Crippen LogP contribution is -2.39. The predicted molar refractivity (Wildman–Crippen MR) is 77.6 cm³/mol. The summed E-state index contributed by atoms with van der Waals surface area (Å²) in [4.78, 5) is 12.2. The molecule has 1 atom stereocenters. The molecule has 0 radical (unpaired) electrons. The Bertz CT molecular complexity index is 457. The van der Waals surface area contributed by atoms with Crippen molar-refractivity contribution >= 4 is 21.8 Å². The molecule has 0 bridgehead atoms. The molecule has 1 amide bonds. The highest BCUT2D eigenvalue weighted by atomic mass is 79.9. The van der Waals surface area contributed by atoms with Gasteiger partial charge in [-0.2, -0.15) is 0 Å². The fraction of sp³-hybridized carbons (Fsp3) is 0.533. The van der Waals surface area contributed by atoms with E-state index >= 15 is 0 Å². The second kappa shape index (κ2) is 6.51. The fourth-order valence-electron chi connectivity index (χ4n) is 2.72. The van der Waals surface area contributed by atoms with Crippen LogP contribution in [0.2, 0.25) is 0 Å². The van der Waals surface area contributed by atoms with E-state index in [1.807, 2.05) is 6.92 Å². The van der Waals surface area contributed by atoms with E-state index in [9.17, 15) is 9.18 Å². The Kier molecular flexibility index (Phi) is 4.97. The second-order valence-electron chi connectivity index (χ2n) is 5.26. The summed E-state index contributed by atoms with van der Waals surface area (Å²) in [6, 6.07) is 4.67. The minimum atomic E-state index is -0.405. The smallest absolute Gasteiger partial charge is 0.252 e. The summed E-state index contributed by atoms with van der Waals surface area (Å²) in [6.07, 6.45) is 6.13. The Hall–Kier alpha value is -0.900. The molecule has 2 rings (SSSR count). The summed E-state index contributed by atoms with van der Waals surface area (Å²) < 4.78 is 13.6. The molecular formula is C15H19BrFNO. The summed E-state index contributed by atoms with van der Waals surface area (Å²) >= 11 is 3.13. The maximum atomic E-state index is 13.4. The summed E-state index contributed by atoms with van der Waals surface area (Å²) in [5.41, 5.74) is 0.364. The largest absolute Gasteiger partial charge is 0.349 e. The maximum absolute atomic E-state index is 13.4. The standard InChI is InChI=1S/C15H19BrFNO/c1-10(11-6-3-2-4-7-11)18-15(19)12-8-5-9-13(17)14(12)16/h5,8-11H,2-4,6-7H2,1H3,(H,18,19). The zero-order valence-corrected chi connectivity index (χ0v) is 12.7. The van der Waals surface area contributed by atoms with Gasteiger partial charge >= 0.3 is 0 Å². The topological polar surface area (TPSA) is 29.1 Å². The Morgan fingerprint density at radius 2 is 2.05 bits per heavy atom. The van der Waals surface area contributed by atoms with Gasteiger partial charge in [-0.3, -0.25) is 4.79 Å². The number of carbonyl (C=O) groups excluding carboxylic acids is 1. The Balaban J connectivity index is 2.02. The first-order valence-corrected chi connectivity index (χ1v) is 7.63. The van der Waals surface area contributed by atoms with Gasteiger partial charge in [0.15, 0.2) is 0 Å². The van der Waals surface area contributed by atoms with E-state index in [2.05, 4.69) is 21.2 Å². The minimum absolute atomic E-state index is 0.142. The second-order valence-corrected chi connectivity index (χ2v) is 6.05. The SMILES string of the molecule is CC(NC(=O)c1cccc(F)c1Br)C1CCCCC1.